The smallest absolute Gasteiger partial charge is 0.319 e. The Balaban J connectivity index is 1.70. The van der Waals surface area contributed by atoms with Gasteiger partial charge in [0.05, 0.1) is 13.7 Å². The molecule has 1 aromatic carbocycles. The van der Waals surface area contributed by atoms with E-state index in [9.17, 15) is 9.59 Å². The molecule has 7 nitrogen and oxygen atoms in total. The molecule has 1 saturated heterocycles. The third kappa shape index (κ3) is 7.61. The number of likely N-dealkylation sites (N-methyl/N-ethyl adjacent to an activating group) is 1. The van der Waals surface area contributed by atoms with Crippen molar-refractivity contribution in [3.05, 3.63) is 29.8 Å². The second-order valence-electron chi connectivity index (χ2n) is 7.91. The molecule has 168 valence electrons. The van der Waals surface area contributed by atoms with Gasteiger partial charge in [-0.2, -0.15) is 0 Å². The summed E-state index contributed by atoms with van der Waals surface area (Å²) in [6, 6.07) is 8.63. The Hall–Kier alpha value is -2.12. The first-order valence-corrected chi connectivity index (χ1v) is 11.0. The van der Waals surface area contributed by atoms with Crippen molar-refractivity contribution < 1.29 is 19.1 Å². The first-order chi connectivity index (χ1) is 14.5. The molecule has 1 aliphatic rings. The molecule has 1 aliphatic heterocycles. The van der Waals surface area contributed by atoms with Crippen LogP contribution < -0.4 is 10.5 Å². The van der Waals surface area contributed by atoms with E-state index in [1.54, 1.807) is 7.11 Å². The lowest BCUT2D eigenvalue weighted by atomic mass is 10.0. The van der Waals surface area contributed by atoms with Crippen molar-refractivity contribution in [3.8, 4) is 5.75 Å². The molecule has 0 spiro atoms. The largest absolute Gasteiger partial charge is 0.497 e. The van der Waals surface area contributed by atoms with E-state index >= 15 is 0 Å². The number of likely N-dealkylation sites (tertiary alicyclic amines) is 1. The Morgan fingerprint density at radius 1 is 1.23 bits per heavy atom. The van der Waals surface area contributed by atoms with Crippen molar-refractivity contribution in [1.82, 2.24) is 9.80 Å². The van der Waals surface area contributed by atoms with Crippen LogP contribution in [0.5, 0.6) is 5.75 Å². The Morgan fingerprint density at radius 2 is 1.90 bits per heavy atom. The van der Waals surface area contributed by atoms with Crippen LogP contribution in [-0.4, -0.2) is 73.7 Å². The standard InChI is InChI=1S/C23H37N3O4/c1-4-25(18(2)16-19-7-9-20(29-3)10-8-19)13-5-6-22(27)26-14-11-21(12-15-26)30-23(28)17-24/h7-10,18,21H,4-6,11-17,24H2,1-3H3. The van der Waals surface area contributed by atoms with Gasteiger partial charge in [0.25, 0.3) is 0 Å². The fourth-order valence-electron chi connectivity index (χ4n) is 3.97. The van der Waals surface area contributed by atoms with E-state index in [0.717, 1.165) is 31.7 Å². The molecule has 0 bridgehead atoms. The molecule has 0 aromatic heterocycles. The van der Waals surface area contributed by atoms with Gasteiger partial charge >= 0.3 is 5.97 Å². The molecule has 1 fully saturated rings. The molecular formula is C23H37N3O4. The number of nitrogens with zero attached hydrogens (tertiary/aromatic N) is 2. The quantitative estimate of drug-likeness (QED) is 0.554. The van der Waals surface area contributed by atoms with Gasteiger partial charge in [-0.15, -0.1) is 0 Å². The predicted molar refractivity (Wildman–Crippen MR) is 117 cm³/mol. The number of hydrogen-bond donors (Lipinski definition) is 1. The van der Waals surface area contributed by atoms with E-state index < -0.39 is 0 Å². The van der Waals surface area contributed by atoms with Crippen molar-refractivity contribution in [2.24, 2.45) is 5.73 Å². The number of hydrogen-bond acceptors (Lipinski definition) is 6. The molecule has 1 amide bonds. The van der Waals surface area contributed by atoms with E-state index in [2.05, 4.69) is 30.9 Å². The van der Waals surface area contributed by atoms with Crippen molar-refractivity contribution >= 4 is 11.9 Å². The van der Waals surface area contributed by atoms with Crippen molar-refractivity contribution in [2.75, 3.05) is 39.8 Å². The summed E-state index contributed by atoms with van der Waals surface area (Å²) in [5, 5.41) is 0. The minimum Gasteiger partial charge on any atom is -0.497 e. The Labute approximate surface area is 180 Å². The number of benzene rings is 1. The second-order valence-corrected chi connectivity index (χ2v) is 7.91. The molecule has 30 heavy (non-hydrogen) atoms. The number of nitrogens with two attached hydrogens (primary N) is 1. The van der Waals surface area contributed by atoms with Crippen molar-refractivity contribution in [2.45, 2.75) is 58.1 Å². The molecule has 2 N–H and O–H groups in total. The number of piperidine rings is 1. The number of methoxy groups -OCH3 is 1. The molecule has 7 heteroatoms. The van der Waals surface area contributed by atoms with Gasteiger partial charge in [0.15, 0.2) is 0 Å². The van der Waals surface area contributed by atoms with Crippen molar-refractivity contribution in [3.63, 3.8) is 0 Å². The van der Waals surface area contributed by atoms with Gasteiger partial charge in [-0.3, -0.25) is 9.59 Å². The zero-order chi connectivity index (χ0) is 21.9. The van der Waals surface area contributed by atoms with Crippen molar-refractivity contribution in [1.29, 1.82) is 0 Å². The molecule has 1 aromatic rings. The second kappa shape index (κ2) is 12.5. The third-order valence-electron chi connectivity index (χ3n) is 5.82. The Bertz CT molecular complexity index is 657. The van der Waals surface area contributed by atoms with Gasteiger partial charge in [-0.1, -0.05) is 19.1 Å². The number of ether oxygens (including phenoxy) is 2. The zero-order valence-electron chi connectivity index (χ0n) is 18.6. The molecule has 1 unspecified atom stereocenters. The summed E-state index contributed by atoms with van der Waals surface area (Å²) in [5.74, 6) is 0.694. The predicted octanol–water partition coefficient (Wildman–Crippen LogP) is 2.22. The summed E-state index contributed by atoms with van der Waals surface area (Å²) < 4.78 is 10.5. The molecular weight excluding hydrogens is 382 g/mol. The monoisotopic (exact) mass is 419 g/mol. The Morgan fingerprint density at radius 3 is 2.47 bits per heavy atom. The van der Waals surface area contributed by atoms with E-state index in [4.69, 9.17) is 15.2 Å². The summed E-state index contributed by atoms with van der Waals surface area (Å²) in [6.45, 7) is 7.47. The first-order valence-electron chi connectivity index (χ1n) is 11.0. The van der Waals surface area contributed by atoms with E-state index in [-0.39, 0.29) is 24.5 Å². The molecule has 1 atom stereocenters. The average Bonchev–Trinajstić information content (AvgIpc) is 2.77. The van der Waals surface area contributed by atoms with Gasteiger partial charge in [-0.25, -0.2) is 0 Å². The van der Waals surface area contributed by atoms with Gasteiger partial charge in [0.2, 0.25) is 5.91 Å². The van der Waals surface area contributed by atoms with E-state index in [0.29, 0.717) is 38.4 Å². The van der Waals surface area contributed by atoms with Crippen LogP contribution in [0, 0.1) is 0 Å². The molecule has 0 aliphatic carbocycles. The maximum Gasteiger partial charge on any atom is 0.319 e. The van der Waals surface area contributed by atoms with Gasteiger partial charge < -0.3 is 25.0 Å². The maximum atomic E-state index is 12.5. The Kier molecular flexibility index (Phi) is 10.1. The fourth-order valence-corrected chi connectivity index (χ4v) is 3.97. The normalized spacial score (nSPS) is 15.8. The van der Waals surface area contributed by atoms with E-state index in [1.807, 2.05) is 17.0 Å². The first kappa shape index (κ1) is 24.2. The van der Waals surface area contributed by atoms with Crippen LogP contribution in [0.4, 0.5) is 0 Å². The number of esters is 1. The zero-order valence-corrected chi connectivity index (χ0v) is 18.6. The molecule has 1 heterocycles. The van der Waals surface area contributed by atoms with Gasteiger partial charge in [-0.05, 0) is 50.6 Å². The molecule has 0 radical (unpaired) electrons. The van der Waals surface area contributed by atoms with Crippen LogP contribution in [-0.2, 0) is 20.7 Å². The summed E-state index contributed by atoms with van der Waals surface area (Å²) in [6.07, 6.45) is 3.65. The van der Waals surface area contributed by atoms with Crippen LogP contribution in [0.2, 0.25) is 0 Å². The van der Waals surface area contributed by atoms with Gasteiger partial charge in [0, 0.05) is 38.4 Å². The maximum absolute atomic E-state index is 12.5. The lowest BCUT2D eigenvalue weighted by Gasteiger charge is -2.32. The highest BCUT2D eigenvalue weighted by Crippen LogP contribution is 2.17. The van der Waals surface area contributed by atoms with Gasteiger partial charge in [0.1, 0.15) is 11.9 Å². The summed E-state index contributed by atoms with van der Waals surface area (Å²) in [5.41, 5.74) is 6.57. The fraction of sp³-hybridized carbons (Fsp3) is 0.652. The lowest BCUT2D eigenvalue weighted by Crippen LogP contribution is -2.42. The summed E-state index contributed by atoms with van der Waals surface area (Å²) >= 11 is 0. The molecule has 0 saturated carbocycles. The lowest BCUT2D eigenvalue weighted by molar-refractivity contribution is -0.150. The topological polar surface area (TPSA) is 85.1 Å². The van der Waals surface area contributed by atoms with Crippen LogP contribution in [0.1, 0.15) is 45.1 Å². The minimum atomic E-state index is -0.372. The highest BCUT2D eigenvalue weighted by Gasteiger charge is 2.24. The highest BCUT2D eigenvalue weighted by atomic mass is 16.5. The number of rotatable bonds is 11. The third-order valence-corrected chi connectivity index (χ3v) is 5.82. The van der Waals surface area contributed by atoms with Crippen LogP contribution in [0.25, 0.3) is 0 Å². The van der Waals surface area contributed by atoms with Crippen LogP contribution in [0.15, 0.2) is 24.3 Å². The molecule has 2 rings (SSSR count). The summed E-state index contributed by atoms with van der Waals surface area (Å²) in [4.78, 5) is 28.2. The van der Waals surface area contributed by atoms with Crippen LogP contribution in [0.3, 0.4) is 0 Å². The number of carbonyl (C=O) groups is 2. The SMILES string of the molecule is CCN(CCCC(=O)N1CCC(OC(=O)CN)CC1)C(C)Cc1ccc(OC)cc1. The number of carbonyl (C=O) groups excluding carboxylic acids is 2. The summed E-state index contributed by atoms with van der Waals surface area (Å²) in [7, 11) is 1.68. The highest BCUT2D eigenvalue weighted by molar-refractivity contribution is 5.76. The number of amides is 1. The minimum absolute atomic E-state index is 0.0933. The van der Waals surface area contributed by atoms with Crippen LogP contribution >= 0.6 is 0 Å². The average molecular weight is 420 g/mol. The van der Waals surface area contributed by atoms with E-state index in [1.165, 1.54) is 5.56 Å².